The predicted octanol–water partition coefficient (Wildman–Crippen LogP) is 2.39. The molecule has 3 rings (SSSR count). The van der Waals surface area contributed by atoms with E-state index in [9.17, 15) is 0 Å². The number of benzene rings is 1. The van der Waals surface area contributed by atoms with Gasteiger partial charge in [-0.1, -0.05) is 18.6 Å². The van der Waals surface area contributed by atoms with E-state index < -0.39 is 0 Å². The lowest BCUT2D eigenvalue weighted by molar-refractivity contribution is 0.170. The molecule has 1 spiro atoms. The Balaban J connectivity index is 2.17. The van der Waals surface area contributed by atoms with Crippen molar-refractivity contribution in [1.82, 2.24) is 0 Å². The number of hydrogen-bond acceptors (Lipinski definition) is 2. The van der Waals surface area contributed by atoms with E-state index in [1.165, 1.54) is 30.4 Å². The van der Waals surface area contributed by atoms with Gasteiger partial charge in [0.2, 0.25) is 0 Å². The highest BCUT2D eigenvalue weighted by molar-refractivity contribution is 5.50. The van der Waals surface area contributed by atoms with Crippen molar-refractivity contribution in [3.8, 4) is 5.75 Å². The average molecular weight is 217 g/mol. The summed E-state index contributed by atoms with van der Waals surface area (Å²) in [6.45, 7) is 0. The van der Waals surface area contributed by atoms with Crippen LogP contribution in [0, 0.1) is 0 Å². The van der Waals surface area contributed by atoms with Gasteiger partial charge >= 0.3 is 0 Å². The molecule has 2 heteroatoms. The van der Waals surface area contributed by atoms with Crippen molar-refractivity contribution in [2.75, 3.05) is 7.11 Å². The molecule has 0 aliphatic heterocycles. The Kier molecular flexibility index (Phi) is 2.21. The van der Waals surface area contributed by atoms with Crippen LogP contribution in [0.5, 0.6) is 5.75 Å². The molecule has 86 valence electrons. The van der Waals surface area contributed by atoms with Gasteiger partial charge in [-0.15, -0.1) is 0 Å². The summed E-state index contributed by atoms with van der Waals surface area (Å²) in [5.74, 6) is 1.05. The van der Waals surface area contributed by atoms with Crippen LogP contribution < -0.4 is 10.5 Å². The first-order valence-electron chi connectivity index (χ1n) is 6.20. The molecule has 2 aliphatic rings. The van der Waals surface area contributed by atoms with E-state index in [-0.39, 0.29) is 5.41 Å². The Morgan fingerprint density at radius 2 is 2.19 bits per heavy atom. The first-order valence-corrected chi connectivity index (χ1v) is 6.20. The highest BCUT2D eigenvalue weighted by atomic mass is 16.5. The SMILES string of the molecule is COc1cccc2c1C1(CCC1)C(N)CC2. The van der Waals surface area contributed by atoms with E-state index >= 15 is 0 Å². The molecule has 0 radical (unpaired) electrons. The summed E-state index contributed by atoms with van der Waals surface area (Å²) in [6.07, 6.45) is 6.02. The minimum Gasteiger partial charge on any atom is -0.496 e. The van der Waals surface area contributed by atoms with Crippen LogP contribution in [0.25, 0.3) is 0 Å². The molecule has 16 heavy (non-hydrogen) atoms. The van der Waals surface area contributed by atoms with Crippen LogP contribution in [-0.2, 0) is 11.8 Å². The van der Waals surface area contributed by atoms with Crippen LogP contribution >= 0.6 is 0 Å². The third-order valence-corrected chi connectivity index (χ3v) is 4.51. The van der Waals surface area contributed by atoms with Gasteiger partial charge in [-0.2, -0.15) is 0 Å². The van der Waals surface area contributed by atoms with Crippen molar-refractivity contribution in [2.45, 2.75) is 43.6 Å². The summed E-state index contributed by atoms with van der Waals surface area (Å²) in [7, 11) is 1.77. The van der Waals surface area contributed by atoms with E-state index in [4.69, 9.17) is 10.5 Å². The number of nitrogens with two attached hydrogens (primary N) is 1. The van der Waals surface area contributed by atoms with Crippen molar-refractivity contribution in [1.29, 1.82) is 0 Å². The molecule has 0 saturated heterocycles. The number of fused-ring (bicyclic) bond motifs is 2. The minimum absolute atomic E-state index is 0.236. The highest BCUT2D eigenvalue weighted by Crippen LogP contribution is 2.53. The molecule has 0 heterocycles. The molecule has 1 aromatic carbocycles. The van der Waals surface area contributed by atoms with Gasteiger partial charge < -0.3 is 10.5 Å². The van der Waals surface area contributed by atoms with Gasteiger partial charge in [0.1, 0.15) is 5.75 Å². The average Bonchev–Trinajstić information content (AvgIpc) is 2.26. The molecule has 1 saturated carbocycles. The molecule has 2 aliphatic carbocycles. The normalized spacial score (nSPS) is 26.0. The van der Waals surface area contributed by atoms with Crippen molar-refractivity contribution in [3.05, 3.63) is 29.3 Å². The van der Waals surface area contributed by atoms with Crippen molar-refractivity contribution >= 4 is 0 Å². The Bertz CT molecular complexity index is 395. The first kappa shape index (κ1) is 10.2. The quantitative estimate of drug-likeness (QED) is 0.784. The molecule has 2 nitrogen and oxygen atoms in total. The number of methoxy groups -OCH3 is 1. The van der Waals surface area contributed by atoms with Crippen molar-refractivity contribution in [3.63, 3.8) is 0 Å². The van der Waals surface area contributed by atoms with Gasteiger partial charge in [0.25, 0.3) is 0 Å². The number of rotatable bonds is 1. The summed E-state index contributed by atoms with van der Waals surface area (Å²) in [5.41, 5.74) is 9.47. The summed E-state index contributed by atoms with van der Waals surface area (Å²) >= 11 is 0. The Morgan fingerprint density at radius 3 is 2.81 bits per heavy atom. The Morgan fingerprint density at radius 1 is 1.38 bits per heavy atom. The number of hydrogen-bond donors (Lipinski definition) is 1. The van der Waals surface area contributed by atoms with E-state index in [0.717, 1.165) is 18.6 Å². The molecule has 0 aromatic heterocycles. The second-order valence-corrected chi connectivity index (χ2v) is 5.15. The fourth-order valence-electron chi connectivity index (χ4n) is 3.47. The van der Waals surface area contributed by atoms with Crippen molar-refractivity contribution in [2.24, 2.45) is 5.73 Å². The van der Waals surface area contributed by atoms with Crippen LogP contribution in [0.3, 0.4) is 0 Å². The van der Waals surface area contributed by atoms with Gasteiger partial charge in [-0.05, 0) is 37.3 Å². The monoisotopic (exact) mass is 217 g/mol. The summed E-state index contributed by atoms with van der Waals surface area (Å²) in [5, 5.41) is 0. The minimum atomic E-state index is 0.236. The van der Waals surface area contributed by atoms with Gasteiger partial charge in [0.15, 0.2) is 0 Å². The third kappa shape index (κ3) is 1.17. The Hall–Kier alpha value is -1.02. The molecule has 2 N–H and O–H groups in total. The molecular weight excluding hydrogens is 198 g/mol. The molecule has 1 unspecified atom stereocenters. The van der Waals surface area contributed by atoms with Crippen LogP contribution in [0.1, 0.15) is 36.8 Å². The van der Waals surface area contributed by atoms with E-state index in [2.05, 4.69) is 18.2 Å². The zero-order valence-electron chi connectivity index (χ0n) is 9.83. The Labute approximate surface area is 96.8 Å². The van der Waals surface area contributed by atoms with Gasteiger partial charge in [-0.3, -0.25) is 0 Å². The highest BCUT2D eigenvalue weighted by Gasteiger charge is 2.48. The smallest absolute Gasteiger partial charge is 0.122 e. The molecular formula is C14H19NO. The fraction of sp³-hybridized carbons (Fsp3) is 0.571. The zero-order chi connectivity index (χ0) is 11.2. The molecule has 1 atom stereocenters. The van der Waals surface area contributed by atoms with E-state index in [1.54, 1.807) is 7.11 Å². The van der Waals surface area contributed by atoms with Crippen LogP contribution in [-0.4, -0.2) is 13.2 Å². The molecule has 1 aromatic rings. The van der Waals surface area contributed by atoms with E-state index in [1.807, 2.05) is 0 Å². The molecule has 1 fully saturated rings. The summed E-state index contributed by atoms with van der Waals surface area (Å²) < 4.78 is 5.54. The second-order valence-electron chi connectivity index (χ2n) is 5.15. The zero-order valence-corrected chi connectivity index (χ0v) is 9.83. The lowest BCUT2D eigenvalue weighted by Gasteiger charge is -2.50. The van der Waals surface area contributed by atoms with Crippen molar-refractivity contribution < 1.29 is 4.74 Å². The fourth-order valence-corrected chi connectivity index (χ4v) is 3.47. The molecule has 0 bridgehead atoms. The maximum atomic E-state index is 6.36. The van der Waals surface area contributed by atoms with Gasteiger partial charge in [0.05, 0.1) is 7.11 Å². The number of aryl methyl sites for hydroxylation is 1. The standard InChI is InChI=1S/C14H19NO/c1-16-11-5-2-4-10-6-7-12(15)14(13(10)11)8-3-9-14/h2,4-5,12H,3,6-9,15H2,1H3. The number of ether oxygens (including phenoxy) is 1. The van der Waals surface area contributed by atoms with Crippen LogP contribution in [0.2, 0.25) is 0 Å². The maximum absolute atomic E-state index is 6.36. The summed E-state index contributed by atoms with van der Waals surface area (Å²) in [4.78, 5) is 0. The van der Waals surface area contributed by atoms with Crippen LogP contribution in [0.4, 0.5) is 0 Å². The largest absolute Gasteiger partial charge is 0.496 e. The maximum Gasteiger partial charge on any atom is 0.122 e. The third-order valence-electron chi connectivity index (χ3n) is 4.51. The molecule has 0 amide bonds. The van der Waals surface area contributed by atoms with Crippen LogP contribution in [0.15, 0.2) is 18.2 Å². The lowest BCUT2D eigenvalue weighted by Crippen LogP contribution is -2.53. The lowest BCUT2D eigenvalue weighted by atomic mass is 9.56. The second kappa shape index (κ2) is 3.49. The summed E-state index contributed by atoms with van der Waals surface area (Å²) in [6, 6.07) is 6.74. The first-order chi connectivity index (χ1) is 7.78. The van der Waals surface area contributed by atoms with E-state index in [0.29, 0.717) is 6.04 Å². The topological polar surface area (TPSA) is 35.2 Å². The van der Waals surface area contributed by atoms with Gasteiger partial charge in [-0.25, -0.2) is 0 Å². The predicted molar refractivity (Wildman–Crippen MR) is 64.8 cm³/mol. The van der Waals surface area contributed by atoms with Gasteiger partial charge in [0, 0.05) is 17.0 Å².